The van der Waals surface area contributed by atoms with E-state index in [1.54, 1.807) is 19.2 Å². The number of ether oxygens (including phenoxy) is 1. The molecule has 2 aromatic carbocycles. The van der Waals surface area contributed by atoms with Crippen molar-refractivity contribution in [2.75, 3.05) is 13.6 Å². The number of carbonyl (C=O) groups excluding carboxylic acids is 1. The number of nitrogens with one attached hydrogen (secondary N) is 2. The van der Waals surface area contributed by atoms with E-state index in [1.807, 2.05) is 32.0 Å². The number of nitrogens with zero attached hydrogens (tertiary/aromatic N) is 3. The first-order valence-corrected chi connectivity index (χ1v) is 10.6. The van der Waals surface area contributed by atoms with Gasteiger partial charge in [0.15, 0.2) is 0 Å². The number of benzene rings is 2. The fraction of sp³-hybridized carbons (Fsp3) is 0.333. The molecule has 0 spiro atoms. The van der Waals surface area contributed by atoms with Gasteiger partial charge < -0.3 is 19.9 Å². The van der Waals surface area contributed by atoms with Crippen LogP contribution in [0, 0.1) is 11.3 Å². The van der Waals surface area contributed by atoms with Gasteiger partial charge in [-0.2, -0.15) is 10.2 Å². The zero-order chi connectivity index (χ0) is 22.7. The highest BCUT2D eigenvalue weighted by Gasteiger charge is 2.26. The molecular weight excluding hydrogens is 406 g/mol. The minimum absolute atomic E-state index is 0.0298. The maximum atomic E-state index is 11.6. The van der Waals surface area contributed by atoms with Crippen molar-refractivity contribution in [1.29, 1.82) is 5.26 Å². The van der Waals surface area contributed by atoms with Gasteiger partial charge in [-0.05, 0) is 56.0 Å². The molecule has 164 valence electrons. The van der Waals surface area contributed by atoms with Gasteiger partial charge in [0.25, 0.3) is 5.89 Å². The van der Waals surface area contributed by atoms with Gasteiger partial charge in [0.05, 0.1) is 18.2 Å². The molecule has 8 nitrogen and oxygen atoms in total. The van der Waals surface area contributed by atoms with E-state index in [0.29, 0.717) is 28.6 Å². The molecule has 0 bridgehead atoms. The van der Waals surface area contributed by atoms with Crippen LogP contribution in [0.15, 0.2) is 40.9 Å². The fourth-order valence-electron chi connectivity index (χ4n) is 3.94. The van der Waals surface area contributed by atoms with Crippen molar-refractivity contribution in [2.45, 2.75) is 38.8 Å². The van der Waals surface area contributed by atoms with E-state index in [-0.39, 0.29) is 24.6 Å². The number of likely N-dealkylation sites (N-methyl/N-ethyl adjacent to an activating group) is 1. The van der Waals surface area contributed by atoms with Crippen LogP contribution in [0.3, 0.4) is 0 Å². The molecule has 1 aromatic heterocycles. The lowest BCUT2D eigenvalue weighted by molar-refractivity contribution is -0.119. The van der Waals surface area contributed by atoms with Gasteiger partial charge in [0, 0.05) is 24.2 Å². The molecule has 2 N–H and O–H groups in total. The first-order chi connectivity index (χ1) is 15.5. The number of carbonyl (C=O) groups is 1. The zero-order valence-electron chi connectivity index (χ0n) is 18.3. The van der Waals surface area contributed by atoms with Crippen molar-refractivity contribution in [2.24, 2.45) is 0 Å². The van der Waals surface area contributed by atoms with Crippen molar-refractivity contribution >= 4 is 5.91 Å². The molecule has 4 rings (SSSR count). The Morgan fingerprint density at radius 3 is 2.94 bits per heavy atom. The number of hydrogen-bond acceptors (Lipinski definition) is 7. The number of rotatable bonds is 7. The monoisotopic (exact) mass is 431 g/mol. The zero-order valence-corrected chi connectivity index (χ0v) is 18.3. The molecule has 1 heterocycles. The summed E-state index contributed by atoms with van der Waals surface area (Å²) in [6.07, 6.45) is 1.73. The summed E-state index contributed by atoms with van der Waals surface area (Å²) >= 11 is 0. The Balaban J connectivity index is 1.60. The molecule has 0 saturated heterocycles. The third-order valence-corrected chi connectivity index (χ3v) is 5.44. The maximum Gasteiger partial charge on any atom is 0.258 e. The predicted molar refractivity (Wildman–Crippen MR) is 119 cm³/mol. The molecule has 1 amide bonds. The first-order valence-electron chi connectivity index (χ1n) is 10.6. The Bertz CT molecular complexity index is 1180. The van der Waals surface area contributed by atoms with Gasteiger partial charge in [-0.25, -0.2) is 0 Å². The average molecular weight is 431 g/mol. The van der Waals surface area contributed by atoms with Gasteiger partial charge in [-0.3, -0.25) is 4.79 Å². The minimum atomic E-state index is -0.0426. The summed E-state index contributed by atoms with van der Waals surface area (Å²) in [7, 11) is 1.63. The number of fused-ring (bicyclic) bond motifs is 1. The molecule has 0 radical (unpaired) electrons. The lowest BCUT2D eigenvalue weighted by Gasteiger charge is -2.13. The van der Waals surface area contributed by atoms with Crippen LogP contribution < -0.4 is 15.4 Å². The largest absolute Gasteiger partial charge is 0.490 e. The van der Waals surface area contributed by atoms with E-state index < -0.39 is 0 Å². The Morgan fingerprint density at radius 1 is 1.34 bits per heavy atom. The Kier molecular flexibility index (Phi) is 6.19. The second kappa shape index (κ2) is 9.20. The first kappa shape index (κ1) is 21.5. The predicted octanol–water partition coefficient (Wildman–Crippen LogP) is 3.39. The van der Waals surface area contributed by atoms with E-state index in [4.69, 9.17) is 9.26 Å². The highest BCUT2D eigenvalue weighted by atomic mass is 16.5. The van der Waals surface area contributed by atoms with Crippen molar-refractivity contribution < 1.29 is 14.1 Å². The smallest absolute Gasteiger partial charge is 0.258 e. The standard InChI is InChI=1S/C24H25N5O3/c1-14(2)31-21-10-7-15(11-16(21)12-25)24-28-23(29-32-24)19-6-4-5-18-17(19)8-9-20(18)27-13-22(30)26-3/h4-7,10-11,14,20,27H,8-9,13H2,1-3H3,(H,26,30). The second-order valence-electron chi connectivity index (χ2n) is 7.93. The topological polar surface area (TPSA) is 113 Å². The summed E-state index contributed by atoms with van der Waals surface area (Å²) < 4.78 is 11.2. The summed E-state index contributed by atoms with van der Waals surface area (Å²) in [6.45, 7) is 4.10. The minimum Gasteiger partial charge on any atom is -0.490 e. The molecule has 1 atom stereocenters. The van der Waals surface area contributed by atoms with Crippen molar-refractivity contribution in [3.8, 4) is 34.7 Å². The molecule has 1 aliphatic rings. The molecule has 0 saturated carbocycles. The number of aromatic nitrogens is 2. The highest BCUT2D eigenvalue weighted by molar-refractivity contribution is 5.77. The van der Waals surface area contributed by atoms with Crippen LogP contribution >= 0.6 is 0 Å². The van der Waals surface area contributed by atoms with Crippen LogP contribution in [-0.2, 0) is 11.2 Å². The fourth-order valence-corrected chi connectivity index (χ4v) is 3.94. The Labute approximate surface area is 186 Å². The summed E-state index contributed by atoms with van der Waals surface area (Å²) in [5.74, 6) is 1.34. The van der Waals surface area contributed by atoms with Gasteiger partial charge in [-0.15, -0.1) is 0 Å². The normalized spacial score (nSPS) is 14.8. The van der Waals surface area contributed by atoms with E-state index in [1.165, 1.54) is 0 Å². The SMILES string of the molecule is CNC(=O)CNC1CCc2c(-c3noc(-c4ccc(OC(C)C)c(C#N)c4)n3)cccc21. The Hall–Kier alpha value is -3.70. The van der Waals surface area contributed by atoms with E-state index in [0.717, 1.165) is 29.5 Å². The van der Waals surface area contributed by atoms with Crippen LogP contribution in [0.5, 0.6) is 5.75 Å². The molecule has 1 aliphatic carbocycles. The molecule has 0 aliphatic heterocycles. The van der Waals surface area contributed by atoms with Gasteiger partial charge >= 0.3 is 0 Å². The highest BCUT2D eigenvalue weighted by Crippen LogP contribution is 2.37. The summed E-state index contributed by atoms with van der Waals surface area (Å²) in [6, 6.07) is 13.6. The number of amides is 1. The second-order valence-corrected chi connectivity index (χ2v) is 7.93. The number of hydrogen-bond donors (Lipinski definition) is 2. The quantitative estimate of drug-likeness (QED) is 0.589. The van der Waals surface area contributed by atoms with Crippen LogP contribution in [0.4, 0.5) is 0 Å². The van der Waals surface area contributed by atoms with Crippen molar-refractivity contribution in [3.05, 3.63) is 53.1 Å². The van der Waals surface area contributed by atoms with Crippen LogP contribution in [0.2, 0.25) is 0 Å². The lowest BCUT2D eigenvalue weighted by Crippen LogP contribution is -2.33. The molecule has 1 unspecified atom stereocenters. The van der Waals surface area contributed by atoms with Gasteiger partial charge in [-0.1, -0.05) is 23.4 Å². The molecular formula is C24H25N5O3. The molecule has 3 aromatic rings. The van der Waals surface area contributed by atoms with E-state index >= 15 is 0 Å². The van der Waals surface area contributed by atoms with Crippen LogP contribution in [0.25, 0.3) is 22.8 Å². The average Bonchev–Trinajstić information content (AvgIpc) is 3.44. The van der Waals surface area contributed by atoms with Crippen LogP contribution in [0.1, 0.15) is 43.0 Å². The molecule has 8 heteroatoms. The van der Waals surface area contributed by atoms with Crippen LogP contribution in [-0.4, -0.2) is 35.7 Å². The van der Waals surface area contributed by atoms with Gasteiger partial charge in [0.2, 0.25) is 11.7 Å². The maximum absolute atomic E-state index is 11.6. The Morgan fingerprint density at radius 2 is 2.19 bits per heavy atom. The summed E-state index contributed by atoms with van der Waals surface area (Å²) in [5, 5.41) is 19.6. The van der Waals surface area contributed by atoms with E-state index in [9.17, 15) is 10.1 Å². The van der Waals surface area contributed by atoms with Crippen molar-refractivity contribution in [3.63, 3.8) is 0 Å². The molecule has 0 fully saturated rings. The van der Waals surface area contributed by atoms with Gasteiger partial charge in [0.1, 0.15) is 11.8 Å². The third-order valence-electron chi connectivity index (χ3n) is 5.44. The van der Waals surface area contributed by atoms with Crippen molar-refractivity contribution in [1.82, 2.24) is 20.8 Å². The lowest BCUT2D eigenvalue weighted by atomic mass is 10.0. The van der Waals surface area contributed by atoms with E-state index in [2.05, 4.69) is 32.9 Å². The third kappa shape index (κ3) is 4.34. The molecule has 32 heavy (non-hydrogen) atoms. The number of nitriles is 1. The summed E-state index contributed by atoms with van der Waals surface area (Å²) in [4.78, 5) is 16.2. The summed E-state index contributed by atoms with van der Waals surface area (Å²) in [5.41, 5.74) is 4.31.